The van der Waals surface area contributed by atoms with Crippen LogP contribution in [0.25, 0.3) is 0 Å². The van der Waals surface area contributed by atoms with Gasteiger partial charge in [-0.3, -0.25) is 4.79 Å². The van der Waals surface area contributed by atoms with Crippen LogP contribution in [0, 0.1) is 0 Å². The van der Waals surface area contributed by atoms with Gasteiger partial charge in [0, 0.05) is 16.1 Å². The highest BCUT2D eigenvalue weighted by atomic mass is 35.5. The Hall–Kier alpha value is -0.940. The lowest BCUT2D eigenvalue weighted by atomic mass is 10.4. The van der Waals surface area contributed by atoms with Gasteiger partial charge in [0.05, 0.1) is 16.5 Å². The van der Waals surface area contributed by atoms with Crippen LogP contribution in [0.5, 0.6) is 0 Å². The maximum Gasteiger partial charge on any atom is 0.234 e. The van der Waals surface area contributed by atoms with E-state index in [0.29, 0.717) is 15.7 Å². The van der Waals surface area contributed by atoms with Crippen LogP contribution >= 0.6 is 46.6 Å². The van der Waals surface area contributed by atoms with Crippen molar-refractivity contribution in [2.45, 2.75) is 4.90 Å². The van der Waals surface area contributed by atoms with Crippen LogP contribution in [0.2, 0.25) is 15.2 Å². The number of carbonyl (C=O) groups excluding carboxylic acids is 1. The number of anilines is 1. The van der Waals surface area contributed by atoms with Gasteiger partial charge in [0.25, 0.3) is 0 Å². The molecule has 1 amide bonds. The van der Waals surface area contributed by atoms with E-state index in [2.05, 4.69) is 10.3 Å². The first-order valence-corrected chi connectivity index (χ1v) is 7.66. The molecular weight excluding hydrogens is 339 g/mol. The van der Waals surface area contributed by atoms with Gasteiger partial charge in [-0.15, -0.1) is 11.8 Å². The Kier molecular flexibility index (Phi) is 5.54. The number of pyridine rings is 1. The van der Waals surface area contributed by atoms with Crippen LogP contribution in [0.3, 0.4) is 0 Å². The summed E-state index contributed by atoms with van der Waals surface area (Å²) in [5.74, 6) is 0.00612. The predicted octanol–water partition coefficient (Wildman–Crippen LogP) is 4.77. The van der Waals surface area contributed by atoms with Crippen molar-refractivity contribution in [1.29, 1.82) is 0 Å². The average Bonchev–Trinajstić information content (AvgIpc) is 2.42. The highest BCUT2D eigenvalue weighted by molar-refractivity contribution is 8.00. The molecule has 0 saturated heterocycles. The van der Waals surface area contributed by atoms with E-state index in [0.717, 1.165) is 4.90 Å². The summed E-state index contributed by atoms with van der Waals surface area (Å²) in [5.41, 5.74) is 0.483. The quantitative estimate of drug-likeness (QED) is 0.639. The first-order chi connectivity index (χ1) is 9.56. The molecule has 20 heavy (non-hydrogen) atoms. The molecule has 0 aliphatic rings. The number of hydrogen-bond acceptors (Lipinski definition) is 3. The fourth-order valence-corrected chi connectivity index (χ4v) is 2.86. The number of nitrogens with one attached hydrogen (secondary N) is 1. The number of benzene rings is 1. The summed E-state index contributed by atoms with van der Waals surface area (Å²) in [4.78, 5) is 16.5. The standard InChI is InChI=1S/C13H9Cl3N2OS/c14-8-3-4-9(15)11(6-8)20-7-12(19)18-10-2-1-5-17-13(10)16/h1-6H,7H2,(H,18,19). The van der Waals surface area contributed by atoms with Crippen LogP contribution < -0.4 is 5.32 Å². The molecule has 1 heterocycles. The molecule has 0 spiro atoms. The first kappa shape index (κ1) is 15.4. The lowest BCUT2D eigenvalue weighted by molar-refractivity contribution is -0.113. The van der Waals surface area contributed by atoms with Gasteiger partial charge in [0.2, 0.25) is 5.91 Å². The Balaban J connectivity index is 1.96. The number of nitrogens with zero attached hydrogens (tertiary/aromatic N) is 1. The van der Waals surface area contributed by atoms with E-state index >= 15 is 0 Å². The van der Waals surface area contributed by atoms with Crippen molar-refractivity contribution in [1.82, 2.24) is 4.98 Å². The van der Waals surface area contributed by atoms with Crippen molar-refractivity contribution >= 4 is 58.2 Å². The third-order valence-corrected chi connectivity index (χ3v) is 4.32. The molecule has 0 fully saturated rings. The summed E-state index contributed by atoms with van der Waals surface area (Å²) in [6, 6.07) is 8.50. The molecule has 1 aromatic carbocycles. The maximum atomic E-state index is 11.8. The van der Waals surface area contributed by atoms with Gasteiger partial charge in [-0.05, 0) is 30.3 Å². The normalized spacial score (nSPS) is 10.3. The number of aromatic nitrogens is 1. The van der Waals surface area contributed by atoms with Crippen LogP contribution in [-0.4, -0.2) is 16.6 Å². The third-order valence-electron chi connectivity index (χ3n) is 2.29. The summed E-state index contributed by atoms with van der Waals surface area (Å²) in [7, 11) is 0. The van der Waals surface area contributed by atoms with E-state index in [4.69, 9.17) is 34.8 Å². The van der Waals surface area contributed by atoms with Crippen LogP contribution in [-0.2, 0) is 4.79 Å². The maximum absolute atomic E-state index is 11.8. The van der Waals surface area contributed by atoms with Gasteiger partial charge < -0.3 is 5.32 Å². The lowest BCUT2D eigenvalue weighted by Crippen LogP contribution is -2.14. The van der Waals surface area contributed by atoms with Gasteiger partial charge in [0.1, 0.15) is 0 Å². The highest BCUT2D eigenvalue weighted by Gasteiger charge is 2.09. The van der Waals surface area contributed by atoms with Crippen molar-refractivity contribution in [3.05, 3.63) is 51.7 Å². The second-order valence-electron chi connectivity index (χ2n) is 3.75. The summed E-state index contributed by atoms with van der Waals surface area (Å²) in [5, 5.41) is 4.08. The summed E-state index contributed by atoms with van der Waals surface area (Å²) >= 11 is 19.1. The van der Waals surface area contributed by atoms with Gasteiger partial charge >= 0.3 is 0 Å². The van der Waals surface area contributed by atoms with Crippen molar-refractivity contribution in [2.75, 3.05) is 11.1 Å². The molecule has 0 bridgehead atoms. The molecular formula is C13H9Cl3N2OS. The zero-order valence-corrected chi connectivity index (χ0v) is 13.2. The SMILES string of the molecule is O=C(CSc1cc(Cl)ccc1Cl)Nc1cccnc1Cl. The Morgan fingerprint density at radius 3 is 2.80 bits per heavy atom. The molecule has 0 radical (unpaired) electrons. The largest absolute Gasteiger partial charge is 0.323 e. The number of thioether (sulfide) groups is 1. The van der Waals surface area contributed by atoms with Gasteiger partial charge in [-0.2, -0.15) is 0 Å². The van der Waals surface area contributed by atoms with Crippen molar-refractivity contribution in [3.8, 4) is 0 Å². The molecule has 0 aliphatic carbocycles. The summed E-state index contributed by atoms with van der Waals surface area (Å²) in [6.45, 7) is 0. The molecule has 1 aromatic heterocycles. The summed E-state index contributed by atoms with van der Waals surface area (Å²) in [6.07, 6.45) is 1.55. The van der Waals surface area contributed by atoms with Crippen molar-refractivity contribution < 1.29 is 4.79 Å². The Bertz CT molecular complexity index is 637. The Labute approximate surface area is 135 Å². The number of hydrogen-bond donors (Lipinski definition) is 1. The Morgan fingerprint density at radius 2 is 2.05 bits per heavy atom. The zero-order chi connectivity index (χ0) is 14.5. The minimum atomic E-state index is -0.194. The number of rotatable bonds is 4. The first-order valence-electron chi connectivity index (χ1n) is 5.54. The smallest absolute Gasteiger partial charge is 0.234 e. The summed E-state index contributed by atoms with van der Waals surface area (Å²) < 4.78 is 0. The predicted molar refractivity (Wildman–Crippen MR) is 85.1 cm³/mol. The van der Waals surface area contributed by atoms with Gasteiger partial charge in [0.15, 0.2) is 5.15 Å². The Morgan fingerprint density at radius 1 is 1.25 bits per heavy atom. The molecule has 2 rings (SSSR count). The van der Waals surface area contributed by atoms with E-state index in [1.54, 1.807) is 36.5 Å². The van der Waals surface area contributed by atoms with E-state index < -0.39 is 0 Å². The van der Waals surface area contributed by atoms with Gasteiger partial charge in [-0.1, -0.05) is 34.8 Å². The van der Waals surface area contributed by atoms with Crippen molar-refractivity contribution in [3.63, 3.8) is 0 Å². The minimum absolute atomic E-state index is 0.194. The van der Waals surface area contributed by atoms with Crippen LogP contribution in [0.15, 0.2) is 41.4 Å². The fourth-order valence-electron chi connectivity index (χ4n) is 1.40. The van der Waals surface area contributed by atoms with Gasteiger partial charge in [-0.25, -0.2) is 4.98 Å². The number of carbonyl (C=O) groups is 1. The fraction of sp³-hybridized carbons (Fsp3) is 0.0769. The molecule has 3 nitrogen and oxygen atoms in total. The van der Waals surface area contributed by atoms with E-state index in [1.165, 1.54) is 11.8 Å². The molecule has 0 atom stereocenters. The van der Waals surface area contributed by atoms with E-state index in [-0.39, 0.29) is 16.8 Å². The minimum Gasteiger partial charge on any atom is -0.323 e. The number of halogens is 3. The third kappa shape index (κ3) is 4.28. The molecule has 104 valence electrons. The molecule has 0 unspecified atom stereocenters. The molecule has 2 aromatic rings. The van der Waals surface area contributed by atoms with Crippen molar-refractivity contribution in [2.24, 2.45) is 0 Å². The lowest BCUT2D eigenvalue weighted by Gasteiger charge is -2.07. The molecule has 1 N–H and O–H groups in total. The monoisotopic (exact) mass is 346 g/mol. The second-order valence-corrected chi connectivity index (χ2v) is 5.97. The molecule has 7 heteroatoms. The van der Waals surface area contributed by atoms with E-state index in [9.17, 15) is 4.79 Å². The zero-order valence-electron chi connectivity index (χ0n) is 10.1. The average molecular weight is 348 g/mol. The number of amides is 1. The molecule has 0 aliphatic heterocycles. The highest BCUT2D eigenvalue weighted by Crippen LogP contribution is 2.30. The molecule has 0 saturated carbocycles. The second kappa shape index (κ2) is 7.18. The topological polar surface area (TPSA) is 42.0 Å². The van der Waals surface area contributed by atoms with Crippen LogP contribution in [0.4, 0.5) is 5.69 Å². The van der Waals surface area contributed by atoms with Crippen LogP contribution in [0.1, 0.15) is 0 Å². The van der Waals surface area contributed by atoms with E-state index in [1.807, 2.05) is 0 Å².